The number of rotatable bonds is 6. The fourth-order valence-corrected chi connectivity index (χ4v) is 3.13. The molecular weight excluding hydrogens is 300 g/mol. The van der Waals surface area contributed by atoms with Gasteiger partial charge in [-0.25, -0.2) is 4.98 Å². The van der Waals surface area contributed by atoms with Gasteiger partial charge in [0.25, 0.3) is 0 Å². The summed E-state index contributed by atoms with van der Waals surface area (Å²) in [7, 11) is 0. The van der Waals surface area contributed by atoms with Crippen molar-refractivity contribution in [3.8, 4) is 0 Å². The Morgan fingerprint density at radius 1 is 1.59 bits per heavy atom. The molecule has 0 aliphatic rings. The van der Waals surface area contributed by atoms with Crippen LogP contribution in [0.15, 0.2) is 22.2 Å². The molecule has 1 unspecified atom stereocenters. The summed E-state index contributed by atoms with van der Waals surface area (Å²) in [6, 6.07) is 2.37. The highest BCUT2D eigenvalue weighted by Gasteiger charge is 2.15. The van der Waals surface area contributed by atoms with Gasteiger partial charge in [0.2, 0.25) is 0 Å². The minimum Gasteiger partial charge on any atom is -0.307 e. The second-order valence-electron chi connectivity index (χ2n) is 3.81. The van der Waals surface area contributed by atoms with Crippen LogP contribution < -0.4 is 5.32 Å². The number of halogens is 1. The van der Waals surface area contributed by atoms with Crippen molar-refractivity contribution >= 4 is 27.3 Å². The molecule has 2 heterocycles. The predicted octanol–water partition coefficient (Wildman–Crippen LogP) is 2.91. The fraction of sp³-hybridized carbons (Fsp3) is 0.455. The standard InChI is InChI=1S/C11H15BrN4S/c1-2-3-13-10(11-14-7-15-16-11)5-9-4-8(12)6-17-9/h4,6-7,10,13H,2-3,5H2,1H3,(H,14,15,16). The van der Waals surface area contributed by atoms with Gasteiger partial charge in [-0.15, -0.1) is 11.3 Å². The van der Waals surface area contributed by atoms with Gasteiger partial charge in [0, 0.05) is 21.2 Å². The van der Waals surface area contributed by atoms with Gasteiger partial charge >= 0.3 is 0 Å². The van der Waals surface area contributed by atoms with Crippen molar-refractivity contribution < 1.29 is 0 Å². The van der Waals surface area contributed by atoms with Gasteiger partial charge in [0.15, 0.2) is 0 Å². The smallest absolute Gasteiger partial charge is 0.141 e. The molecule has 6 heteroatoms. The molecule has 2 rings (SSSR count). The van der Waals surface area contributed by atoms with Gasteiger partial charge in [-0.3, -0.25) is 5.10 Å². The SMILES string of the molecule is CCCNC(Cc1cc(Br)cs1)c1ncn[nH]1. The first-order chi connectivity index (χ1) is 8.29. The molecule has 2 aromatic heterocycles. The highest BCUT2D eigenvalue weighted by atomic mass is 79.9. The van der Waals surface area contributed by atoms with Crippen LogP contribution in [0.2, 0.25) is 0 Å². The molecule has 0 radical (unpaired) electrons. The quantitative estimate of drug-likeness (QED) is 0.862. The van der Waals surface area contributed by atoms with Gasteiger partial charge in [0.05, 0.1) is 6.04 Å². The summed E-state index contributed by atoms with van der Waals surface area (Å²) in [5.41, 5.74) is 0. The zero-order chi connectivity index (χ0) is 12.1. The van der Waals surface area contributed by atoms with Gasteiger partial charge in [-0.2, -0.15) is 5.10 Å². The number of hydrogen-bond donors (Lipinski definition) is 2. The molecule has 0 spiro atoms. The lowest BCUT2D eigenvalue weighted by atomic mass is 10.1. The van der Waals surface area contributed by atoms with E-state index in [2.05, 4.69) is 54.8 Å². The summed E-state index contributed by atoms with van der Waals surface area (Å²) in [5.74, 6) is 0.906. The summed E-state index contributed by atoms with van der Waals surface area (Å²) in [6.45, 7) is 3.14. The van der Waals surface area contributed by atoms with Crippen molar-refractivity contribution in [1.29, 1.82) is 0 Å². The minimum atomic E-state index is 0.211. The Morgan fingerprint density at radius 2 is 2.47 bits per heavy atom. The molecule has 0 fully saturated rings. The molecule has 0 saturated carbocycles. The summed E-state index contributed by atoms with van der Waals surface area (Å²) in [5, 5.41) is 12.4. The number of aromatic nitrogens is 3. The minimum absolute atomic E-state index is 0.211. The highest BCUT2D eigenvalue weighted by molar-refractivity contribution is 9.10. The van der Waals surface area contributed by atoms with Gasteiger partial charge in [0.1, 0.15) is 12.2 Å². The van der Waals surface area contributed by atoms with E-state index in [1.54, 1.807) is 17.7 Å². The Morgan fingerprint density at radius 3 is 3.06 bits per heavy atom. The maximum absolute atomic E-state index is 4.24. The first kappa shape index (κ1) is 12.7. The maximum atomic E-state index is 4.24. The third kappa shape index (κ3) is 3.62. The Kier molecular flexibility index (Phi) is 4.70. The van der Waals surface area contributed by atoms with Crippen molar-refractivity contribution in [3.05, 3.63) is 32.9 Å². The van der Waals surface area contributed by atoms with E-state index in [9.17, 15) is 0 Å². The molecule has 17 heavy (non-hydrogen) atoms. The molecule has 2 aromatic rings. The number of nitrogens with zero attached hydrogens (tertiary/aromatic N) is 2. The van der Waals surface area contributed by atoms with E-state index in [-0.39, 0.29) is 6.04 Å². The number of thiophene rings is 1. The molecule has 92 valence electrons. The Bertz CT molecular complexity index is 440. The number of nitrogens with one attached hydrogen (secondary N) is 2. The number of hydrogen-bond acceptors (Lipinski definition) is 4. The molecule has 0 amide bonds. The maximum Gasteiger partial charge on any atom is 0.141 e. The van der Waals surface area contributed by atoms with Crippen molar-refractivity contribution in [2.24, 2.45) is 0 Å². The zero-order valence-electron chi connectivity index (χ0n) is 9.61. The third-order valence-electron chi connectivity index (χ3n) is 2.43. The van der Waals surface area contributed by atoms with Gasteiger partial charge < -0.3 is 5.32 Å². The van der Waals surface area contributed by atoms with Gasteiger partial charge in [-0.1, -0.05) is 6.92 Å². The first-order valence-corrected chi connectivity index (χ1v) is 7.28. The second kappa shape index (κ2) is 6.28. The molecule has 0 aliphatic heterocycles. The van der Waals surface area contributed by atoms with Crippen LogP contribution in [-0.4, -0.2) is 21.7 Å². The van der Waals surface area contributed by atoms with Crippen LogP contribution >= 0.6 is 27.3 Å². The third-order valence-corrected chi connectivity index (χ3v) is 4.15. The van der Waals surface area contributed by atoms with Crippen molar-refractivity contribution in [3.63, 3.8) is 0 Å². The van der Waals surface area contributed by atoms with Crippen LogP contribution in [0, 0.1) is 0 Å². The van der Waals surface area contributed by atoms with E-state index < -0.39 is 0 Å². The Balaban J connectivity index is 2.05. The highest BCUT2D eigenvalue weighted by Crippen LogP contribution is 2.24. The Hall–Kier alpha value is -0.720. The summed E-state index contributed by atoms with van der Waals surface area (Å²) in [4.78, 5) is 5.57. The van der Waals surface area contributed by atoms with Crippen LogP contribution in [0.1, 0.15) is 30.1 Å². The van der Waals surface area contributed by atoms with E-state index >= 15 is 0 Å². The van der Waals surface area contributed by atoms with Crippen LogP contribution in [-0.2, 0) is 6.42 Å². The average molecular weight is 315 g/mol. The Labute approximate surface area is 113 Å². The largest absolute Gasteiger partial charge is 0.307 e. The number of aromatic amines is 1. The zero-order valence-corrected chi connectivity index (χ0v) is 12.0. The van der Waals surface area contributed by atoms with Crippen LogP contribution in [0.4, 0.5) is 0 Å². The van der Waals surface area contributed by atoms with Crippen molar-refractivity contribution in [2.75, 3.05) is 6.54 Å². The molecule has 2 N–H and O–H groups in total. The van der Waals surface area contributed by atoms with E-state index in [4.69, 9.17) is 0 Å². The lowest BCUT2D eigenvalue weighted by Gasteiger charge is -2.14. The summed E-state index contributed by atoms with van der Waals surface area (Å²) >= 11 is 5.24. The summed E-state index contributed by atoms with van der Waals surface area (Å²) < 4.78 is 1.14. The monoisotopic (exact) mass is 314 g/mol. The predicted molar refractivity (Wildman–Crippen MR) is 73.1 cm³/mol. The van der Waals surface area contributed by atoms with E-state index in [1.807, 2.05) is 0 Å². The molecule has 0 aliphatic carbocycles. The lowest BCUT2D eigenvalue weighted by Crippen LogP contribution is -2.24. The normalized spacial score (nSPS) is 12.8. The summed E-state index contributed by atoms with van der Waals surface area (Å²) in [6.07, 6.45) is 3.60. The van der Waals surface area contributed by atoms with E-state index in [0.29, 0.717) is 0 Å². The molecule has 0 bridgehead atoms. The number of H-pyrrole nitrogens is 1. The first-order valence-electron chi connectivity index (χ1n) is 5.61. The van der Waals surface area contributed by atoms with E-state index in [0.717, 1.165) is 29.7 Å². The molecule has 1 atom stereocenters. The average Bonchev–Trinajstić information content (AvgIpc) is 2.95. The fourth-order valence-electron chi connectivity index (χ4n) is 1.63. The van der Waals surface area contributed by atoms with E-state index in [1.165, 1.54) is 4.88 Å². The second-order valence-corrected chi connectivity index (χ2v) is 5.72. The molecule has 0 aromatic carbocycles. The van der Waals surface area contributed by atoms with Crippen LogP contribution in [0.5, 0.6) is 0 Å². The van der Waals surface area contributed by atoms with Crippen LogP contribution in [0.25, 0.3) is 0 Å². The van der Waals surface area contributed by atoms with Crippen LogP contribution in [0.3, 0.4) is 0 Å². The molecular formula is C11H15BrN4S. The lowest BCUT2D eigenvalue weighted by molar-refractivity contribution is 0.509. The van der Waals surface area contributed by atoms with Crippen molar-refractivity contribution in [2.45, 2.75) is 25.8 Å². The van der Waals surface area contributed by atoms with Gasteiger partial charge in [-0.05, 0) is 35.0 Å². The molecule has 0 saturated heterocycles. The molecule has 4 nitrogen and oxygen atoms in total. The van der Waals surface area contributed by atoms with Crippen molar-refractivity contribution in [1.82, 2.24) is 20.5 Å². The topological polar surface area (TPSA) is 53.6 Å².